The Bertz CT molecular complexity index is 453. The third-order valence-corrected chi connectivity index (χ3v) is 5.58. The van der Waals surface area contributed by atoms with E-state index in [0.29, 0.717) is 18.4 Å². The molecule has 3 heterocycles. The highest BCUT2D eigenvalue weighted by Gasteiger charge is 2.53. The van der Waals surface area contributed by atoms with Gasteiger partial charge in [-0.1, -0.05) is 6.92 Å². The van der Waals surface area contributed by atoms with E-state index in [1.165, 1.54) is 0 Å². The van der Waals surface area contributed by atoms with E-state index < -0.39 is 5.97 Å². The van der Waals surface area contributed by atoms with Gasteiger partial charge in [-0.05, 0) is 39.3 Å². The zero-order valence-electron chi connectivity index (χ0n) is 13.0. The van der Waals surface area contributed by atoms with E-state index in [1.54, 1.807) is 0 Å². The van der Waals surface area contributed by atoms with Crippen molar-refractivity contribution in [3.63, 3.8) is 0 Å². The predicted molar refractivity (Wildman–Crippen MR) is 78.0 cm³/mol. The highest BCUT2D eigenvalue weighted by atomic mass is 16.4. The molecular formula is C15H25N3O3. The van der Waals surface area contributed by atoms with Crippen LogP contribution in [0.5, 0.6) is 0 Å². The van der Waals surface area contributed by atoms with Gasteiger partial charge in [0.15, 0.2) is 0 Å². The van der Waals surface area contributed by atoms with Gasteiger partial charge in [0.25, 0.3) is 0 Å². The number of carboxylic acids is 1. The van der Waals surface area contributed by atoms with Crippen LogP contribution in [0.25, 0.3) is 0 Å². The van der Waals surface area contributed by atoms with Gasteiger partial charge in [0.1, 0.15) is 0 Å². The maximum absolute atomic E-state index is 12.8. The van der Waals surface area contributed by atoms with Gasteiger partial charge < -0.3 is 19.8 Å². The summed E-state index contributed by atoms with van der Waals surface area (Å²) in [7, 11) is 4.10. The Morgan fingerprint density at radius 2 is 1.90 bits per heavy atom. The second kappa shape index (κ2) is 5.16. The Morgan fingerprint density at radius 3 is 2.43 bits per heavy atom. The molecule has 2 bridgehead atoms. The topological polar surface area (TPSA) is 64.1 Å². The average molecular weight is 295 g/mol. The fraction of sp³-hybridized carbons (Fsp3) is 0.867. The molecule has 2 amide bonds. The summed E-state index contributed by atoms with van der Waals surface area (Å²) >= 11 is 0. The first kappa shape index (κ1) is 14.6. The third kappa shape index (κ3) is 2.29. The number of rotatable bonds is 2. The minimum absolute atomic E-state index is 0.0578. The number of urea groups is 1. The summed E-state index contributed by atoms with van der Waals surface area (Å²) < 4.78 is 0. The Hall–Kier alpha value is -1.30. The first-order chi connectivity index (χ1) is 9.90. The Labute approximate surface area is 125 Å². The molecule has 3 aliphatic heterocycles. The smallest absolute Gasteiger partial charge is 0.320 e. The Balaban J connectivity index is 1.71. The molecule has 1 N–H and O–H groups in total. The number of likely N-dealkylation sites (N-methyl/N-ethyl adjacent to an activating group) is 1. The lowest BCUT2D eigenvalue weighted by Crippen LogP contribution is -2.46. The number of amides is 2. The van der Waals surface area contributed by atoms with Crippen molar-refractivity contribution in [2.24, 2.45) is 11.8 Å². The van der Waals surface area contributed by atoms with Gasteiger partial charge in [0, 0.05) is 31.2 Å². The molecule has 0 saturated carbocycles. The maximum atomic E-state index is 12.8. The van der Waals surface area contributed by atoms with Crippen molar-refractivity contribution in [1.82, 2.24) is 14.7 Å². The minimum atomic E-state index is -0.749. The first-order valence-electron chi connectivity index (χ1n) is 7.86. The van der Waals surface area contributed by atoms with Gasteiger partial charge in [-0.3, -0.25) is 4.79 Å². The van der Waals surface area contributed by atoms with Crippen molar-refractivity contribution in [2.75, 3.05) is 27.2 Å². The maximum Gasteiger partial charge on any atom is 0.320 e. The largest absolute Gasteiger partial charge is 0.481 e. The number of aliphatic carboxylic acids is 1. The third-order valence-electron chi connectivity index (χ3n) is 5.58. The zero-order chi connectivity index (χ0) is 15.3. The van der Waals surface area contributed by atoms with E-state index in [1.807, 2.05) is 9.80 Å². The Morgan fingerprint density at radius 1 is 1.19 bits per heavy atom. The summed E-state index contributed by atoms with van der Waals surface area (Å²) in [5, 5.41) is 9.30. The molecule has 0 radical (unpaired) electrons. The molecule has 21 heavy (non-hydrogen) atoms. The molecule has 3 saturated heterocycles. The van der Waals surface area contributed by atoms with Crippen LogP contribution >= 0.6 is 0 Å². The quantitative estimate of drug-likeness (QED) is 0.823. The van der Waals surface area contributed by atoms with Gasteiger partial charge in [-0.25, -0.2) is 4.79 Å². The van der Waals surface area contributed by atoms with Crippen LogP contribution in [0.4, 0.5) is 4.79 Å². The molecule has 0 spiro atoms. The van der Waals surface area contributed by atoms with Crippen LogP contribution in [-0.2, 0) is 4.79 Å². The van der Waals surface area contributed by atoms with Crippen LogP contribution in [0.1, 0.15) is 26.2 Å². The fourth-order valence-corrected chi connectivity index (χ4v) is 4.49. The second-order valence-electron chi connectivity index (χ2n) is 7.08. The fourth-order valence-electron chi connectivity index (χ4n) is 4.49. The lowest BCUT2D eigenvalue weighted by Gasteiger charge is -2.29. The van der Waals surface area contributed by atoms with Crippen molar-refractivity contribution in [1.29, 1.82) is 0 Å². The Kier molecular flexibility index (Phi) is 3.59. The van der Waals surface area contributed by atoms with Crippen molar-refractivity contribution in [3.8, 4) is 0 Å². The van der Waals surface area contributed by atoms with Gasteiger partial charge in [0.05, 0.1) is 5.92 Å². The molecule has 6 heteroatoms. The summed E-state index contributed by atoms with van der Waals surface area (Å²) in [5.74, 6) is -0.655. The molecule has 0 aliphatic carbocycles. The van der Waals surface area contributed by atoms with E-state index in [2.05, 4.69) is 25.9 Å². The molecule has 118 valence electrons. The number of nitrogens with zero attached hydrogens (tertiary/aromatic N) is 3. The molecule has 0 aromatic heterocycles. The van der Waals surface area contributed by atoms with Gasteiger partial charge in [-0.15, -0.1) is 0 Å². The van der Waals surface area contributed by atoms with Crippen LogP contribution in [0.2, 0.25) is 0 Å². The van der Waals surface area contributed by atoms with E-state index in [4.69, 9.17) is 0 Å². The number of fused-ring (bicyclic) bond motifs is 2. The van der Waals surface area contributed by atoms with Crippen molar-refractivity contribution in [2.45, 2.75) is 44.3 Å². The van der Waals surface area contributed by atoms with Crippen LogP contribution in [0.3, 0.4) is 0 Å². The summed E-state index contributed by atoms with van der Waals surface area (Å²) in [6.45, 7) is 3.70. The normalized spacial score (nSPS) is 38.6. The van der Waals surface area contributed by atoms with E-state index in [-0.39, 0.29) is 24.0 Å². The highest BCUT2D eigenvalue weighted by molar-refractivity contribution is 5.79. The van der Waals surface area contributed by atoms with Gasteiger partial charge in [0.2, 0.25) is 0 Å². The van der Waals surface area contributed by atoms with Gasteiger partial charge >= 0.3 is 12.0 Å². The van der Waals surface area contributed by atoms with E-state index in [0.717, 1.165) is 25.9 Å². The molecule has 5 atom stereocenters. The number of carbonyl (C=O) groups is 2. The van der Waals surface area contributed by atoms with Crippen LogP contribution in [0, 0.1) is 11.8 Å². The number of likely N-dealkylation sites (tertiary alicyclic amines) is 1. The summed E-state index contributed by atoms with van der Waals surface area (Å²) in [4.78, 5) is 30.1. The number of carbonyl (C=O) groups excluding carboxylic acids is 1. The average Bonchev–Trinajstić information content (AvgIpc) is 3.09. The lowest BCUT2D eigenvalue weighted by molar-refractivity contribution is -0.142. The van der Waals surface area contributed by atoms with E-state index in [9.17, 15) is 14.7 Å². The number of carboxylic acid groups (broad SMARTS) is 1. The molecule has 3 aliphatic rings. The van der Waals surface area contributed by atoms with Crippen LogP contribution in [-0.4, -0.2) is 77.1 Å². The monoisotopic (exact) mass is 295 g/mol. The molecule has 6 nitrogen and oxygen atoms in total. The SMILES string of the molecule is CC1CN(C(=O)N2C3CCC2C(C(=O)O)C3)CC1N(C)C. The lowest BCUT2D eigenvalue weighted by atomic mass is 9.89. The van der Waals surface area contributed by atoms with Crippen molar-refractivity contribution in [3.05, 3.63) is 0 Å². The molecule has 0 aromatic carbocycles. The summed E-state index contributed by atoms with van der Waals surface area (Å²) in [6, 6.07) is 0.498. The van der Waals surface area contributed by atoms with Crippen LogP contribution in [0.15, 0.2) is 0 Å². The van der Waals surface area contributed by atoms with Crippen molar-refractivity contribution >= 4 is 12.0 Å². The summed E-state index contributed by atoms with van der Waals surface area (Å²) in [5.41, 5.74) is 0. The molecule has 3 rings (SSSR count). The standard InChI is InChI=1S/C15H25N3O3/c1-9-7-17(8-13(9)16(2)3)15(21)18-10-4-5-12(18)11(6-10)14(19)20/h9-13H,4-8H2,1-3H3,(H,19,20). The molecular weight excluding hydrogens is 270 g/mol. The van der Waals surface area contributed by atoms with Gasteiger partial charge in [-0.2, -0.15) is 0 Å². The first-order valence-corrected chi connectivity index (χ1v) is 7.86. The zero-order valence-corrected chi connectivity index (χ0v) is 13.0. The predicted octanol–water partition coefficient (Wildman–Crippen LogP) is 0.926. The molecule has 3 fully saturated rings. The number of hydrogen-bond acceptors (Lipinski definition) is 3. The summed E-state index contributed by atoms with van der Waals surface area (Å²) in [6.07, 6.45) is 2.43. The highest BCUT2D eigenvalue weighted by Crippen LogP contribution is 2.42. The second-order valence-corrected chi connectivity index (χ2v) is 7.08. The van der Waals surface area contributed by atoms with E-state index >= 15 is 0 Å². The minimum Gasteiger partial charge on any atom is -0.481 e. The van der Waals surface area contributed by atoms with Crippen molar-refractivity contribution < 1.29 is 14.7 Å². The molecule has 0 aromatic rings. The van der Waals surface area contributed by atoms with Crippen LogP contribution < -0.4 is 0 Å². The molecule has 5 unspecified atom stereocenters. The number of hydrogen-bond donors (Lipinski definition) is 1.